The zero-order valence-corrected chi connectivity index (χ0v) is 55.8. The van der Waals surface area contributed by atoms with E-state index in [4.69, 9.17) is 0 Å². The van der Waals surface area contributed by atoms with E-state index in [1.165, 1.54) is 157 Å². The third-order valence-corrected chi connectivity index (χ3v) is 22.2. The van der Waals surface area contributed by atoms with Gasteiger partial charge in [0.25, 0.3) is 0 Å². The Morgan fingerprint density at radius 3 is 1.37 bits per heavy atom. The summed E-state index contributed by atoms with van der Waals surface area (Å²) in [5, 5.41) is 0. The molecule has 0 amide bonds. The molecule has 0 bridgehead atoms. The van der Waals surface area contributed by atoms with Crippen molar-refractivity contribution in [3.8, 4) is 33.4 Å². The monoisotopic (exact) mass is 1170 g/mol. The van der Waals surface area contributed by atoms with Crippen molar-refractivity contribution in [3.05, 3.63) is 296 Å². The molecule has 0 fully saturated rings. The third kappa shape index (κ3) is 8.30. The molecule has 9 aromatic carbocycles. The van der Waals surface area contributed by atoms with Gasteiger partial charge in [0, 0.05) is 55.5 Å². The van der Waals surface area contributed by atoms with Crippen LogP contribution >= 0.6 is 0 Å². The summed E-state index contributed by atoms with van der Waals surface area (Å²) in [6.45, 7) is 42.5. The summed E-state index contributed by atoms with van der Waals surface area (Å²) in [6.07, 6.45) is 11.7. The Hall–Kier alpha value is -8.92. The summed E-state index contributed by atoms with van der Waals surface area (Å²) in [6, 6.07) is 66.2. The average molecular weight is 1170 g/mol. The van der Waals surface area contributed by atoms with E-state index >= 15 is 0 Å². The Balaban J connectivity index is 0.841. The van der Waals surface area contributed by atoms with Crippen LogP contribution in [0.15, 0.2) is 224 Å². The molecule has 0 radical (unpaired) electrons. The minimum Gasteiger partial charge on any atom is -0.338 e. The van der Waals surface area contributed by atoms with E-state index in [-0.39, 0.29) is 33.1 Å². The average Bonchev–Trinajstić information content (AvgIpc) is 0.870. The molecule has 6 aliphatic rings. The van der Waals surface area contributed by atoms with Crippen LogP contribution in [0, 0.1) is 26.7 Å². The fourth-order valence-corrected chi connectivity index (χ4v) is 17.0. The number of nitrogens with zero attached hydrogens (tertiary/aromatic N) is 3. The molecule has 2 unspecified atom stereocenters. The maximum absolute atomic E-state index is 4.50. The Bertz CT molecular complexity index is 4700. The van der Waals surface area contributed by atoms with Crippen molar-refractivity contribution in [1.29, 1.82) is 0 Å². The van der Waals surface area contributed by atoms with Crippen molar-refractivity contribution < 1.29 is 0 Å². The van der Waals surface area contributed by atoms with Crippen LogP contribution in [0.25, 0.3) is 39.0 Å². The molecule has 9 aromatic rings. The van der Waals surface area contributed by atoms with E-state index < -0.39 is 0 Å². The van der Waals surface area contributed by atoms with E-state index in [1.54, 1.807) is 0 Å². The first-order valence-corrected chi connectivity index (χ1v) is 32.8. The quantitative estimate of drug-likeness (QED) is 0.135. The van der Waals surface area contributed by atoms with E-state index in [9.17, 15) is 0 Å². The Morgan fingerprint density at radius 2 is 0.844 bits per heavy atom. The molecular formula is C87H85N3. The van der Waals surface area contributed by atoms with Crippen LogP contribution in [-0.4, -0.2) is 6.04 Å². The number of benzene rings is 9. The van der Waals surface area contributed by atoms with E-state index in [0.29, 0.717) is 5.92 Å². The highest BCUT2D eigenvalue weighted by Gasteiger charge is 2.52. The van der Waals surface area contributed by atoms with Crippen LogP contribution in [0.4, 0.5) is 39.8 Å². The lowest BCUT2D eigenvalue weighted by atomic mass is 9.60. The number of aryl methyl sites for hydroxylation is 3. The molecule has 90 heavy (non-hydrogen) atoms. The van der Waals surface area contributed by atoms with Crippen molar-refractivity contribution in [2.75, 3.05) is 14.7 Å². The van der Waals surface area contributed by atoms with Gasteiger partial charge < -0.3 is 14.7 Å². The first-order valence-electron chi connectivity index (χ1n) is 32.8. The molecule has 0 spiro atoms. The molecule has 0 aromatic heterocycles. The molecule has 3 aliphatic heterocycles. The predicted molar refractivity (Wildman–Crippen MR) is 384 cm³/mol. The number of anilines is 7. The van der Waals surface area contributed by atoms with Gasteiger partial charge in [-0.05, 0) is 248 Å². The van der Waals surface area contributed by atoms with Crippen LogP contribution in [0.3, 0.4) is 0 Å². The molecule has 3 aliphatic carbocycles. The Labute approximate surface area is 536 Å². The van der Waals surface area contributed by atoms with E-state index in [0.717, 1.165) is 11.4 Å². The third-order valence-electron chi connectivity index (χ3n) is 22.2. The molecule has 3 heterocycles. The van der Waals surface area contributed by atoms with Crippen LogP contribution in [-0.2, 0) is 27.1 Å². The molecule has 15 rings (SSSR count). The zero-order chi connectivity index (χ0) is 63.0. The van der Waals surface area contributed by atoms with Gasteiger partial charge in [-0.25, -0.2) is 0 Å². The van der Waals surface area contributed by atoms with Crippen LogP contribution in [0.2, 0.25) is 0 Å². The minimum absolute atomic E-state index is 0.185. The second-order valence-corrected chi connectivity index (χ2v) is 29.9. The number of allylic oxidation sites excluding steroid dienone is 7. The summed E-state index contributed by atoms with van der Waals surface area (Å²) < 4.78 is 0. The fraction of sp³-hybridized carbons (Fsp3) is 0.264. The minimum atomic E-state index is -0.360. The molecule has 3 heteroatoms. The van der Waals surface area contributed by atoms with Crippen molar-refractivity contribution in [3.63, 3.8) is 0 Å². The molecule has 448 valence electrons. The number of hydrogen-bond acceptors (Lipinski definition) is 3. The van der Waals surface area contributed by atoms with Crippen LogP contribution < -0.4 is 14.7 Å². The number of fused-ring (bicyclic) bond motifs is 4. The maximum Gasteiger partial charge on any atom is 0.0584 e. The second kappa shape index (κ2) is 19.8. The lowest BCUT2D eigenvalue weighted by Crippen LogP contribution is -2.43. The summed E-state index contributed by atoms with van der Waals surface area (Å²) in [4.78, 5) is 7.71. The van der Waals surface area contributed by atoms with Crippen molar-refractivity contribution in [1.82, 2.24) is 0 Å². The summed E-state index contributed by atoms with van der Waals surface area (Å²) >= 11 is 0. The summed E-state index contributed by atoms with van der Waals surface area (Å²) in [5.74, 6) is 0.341. The van der Waals surface area contributed by atoms with Crippen molar-refractivity contribution in [2.24, 2.45) is 5.92 Å². The maximum atomic E-state index is 4.50. The summed E-state index contributed by atoms with van der Waals surface area (Å²) in [5.41, 5.74) is 37.4. The summed E-state index contributed by atoms with van der Waals surface area (Å²) in [7, 11) is 0. The van der Waals surface area contributed by atoms with Gasteiger partial charge in [0.1, 0.15) is 0 Å². The van der Waals surface area contributed by atoms with Crippen molar-refractivity contribution in [2.45, 2.75) is 144 Å². The highest BCUT2D eigenvalue weighted by molar-refractivity contribution is 6.01. The van der Waals surface area contributed by atoms with Gasteiger partial charge in [-0.15, -0.1) is 0 Å². The standard InChI is InChI=1S/C87H85N3/c1-18-65-66-36-33-57(44-72(66)85(12,13)71(65)43-56(7)88(61-26-19-23-51(2)39-61)79-42-54(5)31-32-55(79)6)59-46-75-81-77(48-59)87(16,17)78-49-60(47-76-82(78)90(81)80-69(83(75,8)9)29-22-30-70(80)84(76,10)11)58-34-37-67-68-38-35-64(50-74(68)86(14,15)73(67)45-58)89(62-27-20-24-52(3)40-62)63-28-21-25-53(4)41-63/h18-50,55,79H,1H2,2-17H3/b56-43+. The first-order chi connectivity index (χ1) is 42.8. The van der Waals surface area contributed by atoms with Gasteiger partial charge in [0.15, 0.2) is 0 Å². The van der Waals surface area contributed by atoms with E-state index in [1.807, 2.05) is 0 Å². The molecular weight excluding hydrogens is 1090 g/mol. The molecule has 0 saturated carbocycles. The van der Waals surface area contributed by atoms with Gasteiger partial charge >= 0.3 is 0 Å². The highest BCUT2D eigenvalue weighted by Crippen LogP contribution is 2.67. The zero-order valence-electron chi connectivity index (χ0n) is 55.8. The van der Waals surface area contributed by atoms with Crippen LogP contribution in [0.5, 0.6) is 0 Å². The van der Waals surface area contributed by atoms with Gasteiger partial charge in [-0.1, -0.05) is 198 Å². The van der Waals surface area contributed by atoms with Crippen molar-refractivity contribution >= 4 is 45.4 Å². The fourth-order valence-electron chi connectivity index (χ4n) is 17.0. The Morgan fingerprint density at radius 1 is 0.433 bits per heavy atom. The molecule has 0 saturated heterocycles. The number of hydrogen-bond donors (Lipinski definition) is 0. The first kappa shape index (κ1) is 57.5. The smallest absolute Gasteiger partial charge is 0.0584 e. The van der Waals surface area contributed by atoms with Crippen LogP contribution in [0.1, 0.15) is 162 Å². The predicted octanol–water partition coefficient (Wildman–Crippen LogP) is 23.3. The molecule has 3 nitrogen and oxygen atoms in total. The van der Waals surface area contributed by atoms with E-state index in [2.05, 4.69) is 332 Å². The largest absolute Gasteiger partial charge is 0.338 e. The second-order valence-electron chi connectivity index (χ2n) is 29.9. The topological polar surface area (TPSA) is 9.72 Å². The van der Waals surface area contributed by atoms with Gasteiger partial charge in [0.05, 0.1) is 23.1 Å². The highest BCUT2D eigenvalue weighted by atomic mass is 15.2. The lowest BCUT2D eigenvalue weighted by Gasteiger charge is -2.55. The molecule has 2 atom stereocenters. The number of para-hydroxylation sites is 1. The van der Waals surface area contributed by atoms with Gasteiger partial charge in [-0.2, -0.15) is 0 Å². The van der Waals surface area contributed by atoms with Gasteiger partial charge in [-0.3, -0.25) is 0 Å². The van der Waals surface area contributed by atoms with Gasteiger partial charge in [0.2, 0.25) is 0 Å². The lowest BCUT2D eigenvalue weighted by molar-refractivity contribution is 0.567. The Kier molecular flexibility index (Phi) is 12.6. The number of rotatable bonds is 10. The normalized spacial score (nSPS) is 19.2. The molecule has 0 N–H and O–H groups in total. The SMILES string of the molecule is C=CC1=C(/C=C(\C)N(c2cccc(C)c2)C2C=C(C)C=CC2C)C(C)(C)c2cc(-c3cc4c5c(c3)C(C)(C)c3cc(-c6ccc7c(c6)C(C)(C)c6cc(N(c8cccc(C)c8)c8cccc(C)c8)ccc6-7)cc6c3N5c3c(cccc3C6(C)C)C4(C)C)ccc21.